The average Bonchev–Trinajstić information content (AvgIpc) is 3.46. The van der Waals surface area contributed by atoms with Crippen LogP contribution in [0.15, 0.2) is 24.4 Å². The zero-order valence-electron chi connectivity index (χ0n) is 15.6. The number of aromatic nitrogens is 2. The predicted molar refractivity (Wildman–Crippen MR) is 101 cm³/mol. The van der Waals surface area contributed by atoms with Crippen molar-refractivity contribution >= 4 is 17.5 Å². The SMILES string of the molecule is CC1(C)CNCc2cc(Nc3ncc4c(n3)OCN(C3CC3)C4=O)ccc21. The Kier molecular flexibility index (Phi) is 3.62. The molecule has 2 N–H and O–H groups in total. The molecule has 2 aromatic rings. The molecular formula is C20H23N5O2. The van der Waals surface area contributed by atoms with E-state index in [1.54, 1.807) is 11.1 Å². The predicted octanol–water partition coefficient (Wildman–Crippen LogP) is 2.56. The highest BCUT2D eigenvalue weighted by atomic mass is 16.5. The van der Waals surface area contributed by atoms with Crippen LogP contribution in [0.3, 0.4) is 0 Å². The third-order valence-corrected chi connectivity index (χ3v) is 5.55. The number of carbonyl (C=O) groups excluding carboxylic acids is 1. The first-order chi connectivity index (χ1) is 13.0. The van der Waals surface area contributed by atoms with E-state index in [-0.39, 0.29) is 18.1 Å². The summed E-state index contributed by atoms with van der Waals surface area (Å²) in [6, 6.07) is 6.67. The number of benzene rings is 1. The van der Waals surface area contributed by atoms with Gasteiger partial charge in [-0.15, -0.1) is 0 Å². The van der Waals surface area contributed by atoms with Crippen molar-refractivity contribution in [2.75, 3.05) is 18.6 Å². The molecule has 5 rings (SSSR count). The topological polar surface area (TPSA) is 79.4 Å². The van der Waals surface area contributed by atoms with Crippen molar-refractivity contribution in [1.82, 2.24) is 20.2 Å². The van der Waals surface area contributed by atoms with E-state index in [0.29, 0.717) is 23.4 Å². The molecule has 1 aromatic carbocycles. The lowest BCUT2D eigenvalue weighted by Gasteiger charge is -2.33. The summed E-state index contributed by atoms with van der Waals surface area (Å²) in [6.07, 6.45) is 3.66. The zero-order chi connectivity index (χ0) is 18.6. The van der Waals surface area contributed by atoms with Crippen LogP contribution >= 0.6 is 0 Å². The summed E-state index contributed by atoms with van der Waals surface area (Å²) in [4.78, 5) is 23.0. The van der Waals surface area contributed by atoms with Gasteiger partial charge < -0.3 is 20.3 Å². The molecule has 0 radical (unpaired) electrons. The van der Waals surface area contributed by atoms with E-state index in [1.165, 1.54) is 11.1 Å². The number of nitrogens with one attached hydrogen (secondary N) is 2. The summed E-state index contributed by atoms with van der Waals surface area (Å²) >= 11 is 0. The quantitative estimate of drug-likeness (QED) is 0.870. The first-order valence-electron chi connectivity index (χ1n) is 9.43. The maximum absolute atomic E-state index is 12.5. The summed E-state index contributed by atoms with van der Waals surface area (Å²) in [5.74, 6) is 0.756. The van der Waals surface area contributed by atoms with Crippen LogP contribution in [-0.2, 0) is 12.0 Å². The van der Waals surface area contributed by atoms with Gasteiger partial charge in [-0.3, -0.25) is 4.79 Å². The lowest BCUT2D eigenvalue weighted by Crippen LogP contribution is -2.40. The zero-order valence-corrected chi connectivity index (χ0v) is 15.6. The molecule has 140 valence electrons. The molecular weight excluding hydrogens is 342 g/mol. The molecule has 1 aromatic heterocycles. The van der Waals surface area contributed by atoms with Gasteiger partial charge in [-0.05, 0) is 36.1 Å². The highest BCUT2D eigenvalue weighted by Crippen LogP contribution is 2.34. The number of amides is 1. The van der Waals surface area contributed by atoms with E-state index in [4.69, 9.17) is 4.74 Å². The fourth-order valence-electron chi connectivity index (χ4n) is 3.90. The Hall–Kier alpha value is -2.67. The van der Waals surface area contributed by atoms with E-state index in [2.05, 4.69) is 52.6 Å². The van der Waals surface area contributed by atoms with Crippen LogP contribution in [0.1, 0.15) is 48.2 Å². The summed E-state index contributed by atoms with van der Waals surface area (Å²) < 4.78 is 5.71. The van der Waals surface area contributed by atoms with Gasteiger partial charge in [0.1, 0.15) is 5.56 Å². The van der Waals surface area contributed by atoms with Crippen molar-refractivity contribution in [1.29, 1.82) is 0 Å². The molecule has 0 atom stereocenters. The van der Waals surface area contributed by atoms with Crippen LogP contribution in [-0.4, -0.2) is 40.1 Å². The maximum Gasteiger partial charge on any atom is 0.263 e. The molecule has 1 amide bonds. The molecule has 7 nitrogen and oxygen atoms in total. The van der Waals surface area contributed by atoms with Crippen LogP contribution in [0.4, 0.5) is 11.6 Å². The summed E-state index contributed by atoms with van der Waals surface area (Å²) in [5.41, 5.74) is 4.13. The Morgan fingerprint density at radius 3 is 3.00 bits per heavy atom. The average molecular weight is 365 g/mol. The van der Waals surface area contributed by atoms with Gasteiger partial charge in [-0.1, -0.05) is 19.9 Å². The molecule has 27 heavy (non-hydrogen) atoms. The Labute approximate surface area is 158 Å². The Morgan fingerprint density at radius 2 is 2.19 bits per heavy atom. The van der Waals surface area contributed by atoms with Gasteiger partial charge in [0.15, 0.2) is 6.73 Å². The van der Waals surface area contributed by atoms with E-state index in [9.17, 15) is 4.79 Å². The number of ether oxygens (including phenoxy) is 1. The fourth-order valence-corrected chi connectivity index (χ4v) is 3.90. The minimum Gasteiger partial charge on any atom is -0.455 e. The Balaban J connectivity index is 1.38. The second-order valence-corrected chi connectivity index (χ2v) is 8.18. The molecule has 0 bridgehead atoms. The van der Waals surface area contributed by atoms with Crippen molar-refractivity contribution in [2.45, 2.75) is 44.7 Å². The van der Waals surface area contributed by atoms with Crippen molar-refractivity contribution < 1.29 is 9.53 Å². The standard InChI is InChI=1S/C20H23N5O2/c1-20(2)10-21-8-12-7-13(3-6-16(12)20)23-19-22-9-15-17(24-19)27-11-25(18(15)26)14-4-5-14/h3,6-7,9,14,21H,4-5,8,10-11H2,1-2H3,(H,22,23,24). The lowest BCUT2D eigenvalue weighted by molar-refractivity contribution is 0.0484. The van der Waals surface area contributed by atoms with Gasteiger partial charge in [-0.2, -0.15) is 4.98 Å². The highest BCUT2D eigenvalue weighted by molar-refractivity contribution is 5.97. The van der Waals surface area contributed by atoms with Crippen LogP contribution < -0.4 is 15.4 Å². The van der Waals surface area contributed by atoms with Crippen LogP contribution in [0.2, 0.25) is 0 Å². The van der Waals surface area contributed by atoms with Gasteiger partial charge in [0.2, 0.25) is 11.8 Å². The van der Waals surface area contributed by atoms with Crippen LogP contribution in [0.5, 0.6) is 5.88 Å². The summed E-state index contributed by atoms with van der Waals surface area (Å²) in [5, 5.41) is 6.70. The normalized spacial score (nSPS) is 20.5. The van der Waals surface area contributed by atoms with Crippen molar-refractivity contribution in [3.05, 3.63) is 41.1 Å². The van der Waals surface area contributed by atoms with Gasteiger partial charge >= 0.3 is 0 Å². The number of anilines is 2. The number of hydrogen-bond donors (Lipinski definition) is 2. The molecule has 3 heterocycles. The smallest absolute Gasteiger partial charge is 0.263 e. The number of carbonyl (C=O) groups is 1. The number of nitrogens with zero attached hydrogens (tertiary/aromatic N) is 3. The van der Waals surface area contributed by atoms with Crippen molar-refractivity contribution in [3.8, 4) is 5.88 Å². The highest BCUT2D eigenvalue weighted by Gasteiger charge is 2.38. The number of fused-ring (bicyclic) bond motifs is 2. The minimum absolute atomic E-state index is 0.0348. The maximum atomic E-state index is 12.5. The Morgan fingerprint density at radius 1 is 1.33 bits per heavy atom. The second-order valence-electron chi connectivity index (χ2n) is 8.18. The number of hydrogen-bond acceptors (Lipinski definition) is 6. The third kappa shape index (κ3) is 2.92. The molecule has 0 saturated heterocycles. The van der Waals surface area contributed by atoms with E-state index >= 15 is 0 Å². The molecule has 1 saturated carbocycles. The molecule has 0 spiro atoms. The van der Waals surface area contributed by atoms with E-state index in [0.717, 1.165) is 31.6 Å². The minimum atomic E-state index is -0.0348. The van der Waals surface area contributed by atoms with Gasteiger partial charge in [0, 0.05) is 36.4 Å². The van der Waals surface area contributed by atoms with Gasteiger partial charge in [-0.25, -0.2) is 4.98 Å². The number of rotatable bonds is 3. The first-order valence-corrected chi connectivity index (χ1v) is 9.43. The van der Waals surface area contributed by atoms with Gasteiger partial charge in [0.05, 0.1) is 0 Å². The monoisotopic (exact) mass is 365 g/mol. The van der Waals surface area contributed by atoms with E-state index < -0.39 is 0 Å². The molecule has 1 aliphatic carbocycles. The van der Waals surface area contributed by atoms with Crippen molar-refractivity contribution in [2.24, 2.45) is 0 Å². The van der Waals surface area contributed by atoms with Crippen LogP contribution in [0.25, 0.3) is 0 Å². The van der Waals surface area contributed by atoms with E-state index in [1.807, 2.05) is 0 Å². The second kappa shape index (κ2) is 5.92. The largest absolute Gasteiger partial charge is 0.455 e. The van der Waals surface area contributed by atoms with Gasteiger partial charge in [0.25, 0.3) is 5.91 Å². The molecule has 0 unspecified atom stereocenters. The summed E-state index contributed by atoms with van der Waals surface area (Å²) in [7, 11) is 0. The van der Waals surface area contributed by atoms with Crippen molar-refractivity contribution in [3.63, 3.8) is 0 Å². The molecule has 2 aliphatic heterocycles. The Bertz CT molecular complexity index is 923. The molecule has 3 aliphatic rings. The first kappa shape index (κ1) is 16.5. The molecule has 1 fully saturated rings. The molecule has 7 heteroatoms. The van der Waals surface area contributed by atoms with Crippen LogP contribution in [0, 0.1) is 0 Å². The third-order valence-electron chi connectivity index (χ3n) is 5.55. The fraction of sp³-hybridized carbons (Fsp3) is 0.450. The summed E-state index contributed by atoms with van der Waals surface area (Å²) in [6.45, 7) is 6.60. The lowest BCUT2D eigenvalue weighted by atomic mass is 9.79.